The van der Waals surface area contributed by atoms with Gasteiger partial charge in [0.05, 0.1) is 16.6 Å². The molecule has 6 nitrogen and oxygen atoms in total. The number of fused-ring (bicyclic) bond motifs is 1. The number of nitrogens with zero attached hydrogens (tertiary/aromatic N) is 3. The number of thiazole rings is 1. The smallest absolute Gasteiger partial charge is 0.231 e. The summed E-state index contributed by atoms with van der Waals surface area (Å²) in [5.74, 6) is 0.147. The summed E-state index contributed by atoms with van der Waals surface area (Å²) in [6.45, 7) is 0. The van der Waals surface area contributed by atoms with Gasteiger partial charge in [-0.05, 0) is 23.8 Å². The Morgan fingerprint density at radius 2 is 2.10 bits per heavy atom. The molecule has 0 spiro atoms. The number of rotatable bonds is 3. The van der Waals surface area contributed by atoms with Crippen molar-refractivity contribution in [3.05, 3.63) is 42.2 Å². The highest BCUT2D eigenvalue weighted by Gasteiger charge is 2.07. The standard InChI is InChI=1S/C13H11N5OS/c14-12-17-9-3-2-8(6-10(9)20-12)7-11(19)18-13-15-4-1-5-16-13/h1-6H,7H2,(H2,14,17)(H,15,16,18,19). The summed E-state index contributed by atoms with van der Waals surface area (Å²) in [5.41, 5.74) is 7.40. The zero-order valence-electron chi connectivity index (χ0n) is 10.4. The van der Waals surface area contributed by atoms with E-state index in [1.165, 1.54) is 11.3 Å². The van der Waals surface area contributed by atoms with Crippen molar-refractivity contribution in [3.8, 4) is 0 Å². The fraction of sp³-hybridized carbons (Fsp3) is 0.0769. The van der Waals surface area contributed by atoms with Crippen LogP contribution in [0.4, 0.5) is 11.1 Å². The minimum Gasteiger partial charge on any atom is -0.375 e. The van der Waals surface area contributed by atoms with Gasteiger partial charge in [0.25, 0.3) is 0 Å². The van der Waals surface area contributed by atoms with Gasteiger partial charge in [0.2, 0.25) is 11.9 Å². The molecule has 20 heavy (non-hydrogen) atoms. The normalized spacial score (nSPS) is 10.6. The number of nitrogen functional groups attached to an aromatic ring is 1. The van der Waals surface area contributed by atoms with E-state index in [1.807, 2.05) is 18.2 Å². The van der Waals surface area contributed by atoms with Crippen LogP contribution in [0, 0.1) is 0 Å². The average molecular weight is 285 g/mol. The number of anilines is 2. The molecule has 3 N–H and O–H groups in total. The molecule has 0 saturated heterocycles. The van der Waals surface area contributed by atoms with Crippen LogP contribution >= 0.6 is 11.3 Å². The highest BCUT2D eigenvalue weighted by molar-refractivity contribution is 7.22. The van der Waals surface area contributed by atoms with Crippen molar-refractivity contribution in [1.82, 2.24) is 15.0 Å². The summed E-state index contributed by atoms with van der Waals surface area (Å²) < 4.78 is 0.976. The van der Waals surface area contributed by atoms with Crippen LogP contribution in [0.3, 0.4) is 0 Å². The van der Waals surface area contributed by atoms with E-state index in [4.69, 9.17) is 5.73 Å². The van der Waals surface area contributed by atoms with E-state index in [0.29, 0.717) is 11.1 Å². The van der Waals surface area contributed by atoms with E-state index < -0.39 is 0 Å². The highest BCUT2D eigenvalue weighted by atomic mass is 32.1. The molecule has 0 aliphatic carbocycles. The van der Waals surface area contributed by atoms with Crippen molar-refractivity contribution in [2.75, 3.05) is 11.1 Å². The summed E-state index contributed by atoms with van der Waals surface area (Å²) >= 11 is 1.41. The Hall–Kier alpha value is -2.54. The maximum Gasteiger partial charge on any atom is 0.231 e. The summed E-state index contributed by atoms with van der Waals surface area (Å²) in [7, 11) is 0. The maximum absolute atomic E-state index is 11.9. The lowest BCUT2D eigenvalue weighted by Gasteiger charge is -2.03. The van der Waals surface area contributed by atoms with Gasteiger partial charge >= 0.3 is 0 Å². The number of carbonyl (C=O) groups is 1. The number of carbonyl (C=O) groups excluding carboxylic acids is 1. The van der Waals surface area contributed by atoms with Gasteiger partial charge in [0, 0.05) is 12.4 Å². The number of hydrogen-bond acceptors (Lipinski definition) is 6. The second-order valence-electron chi connectivity index (χ2n) is 4.15. The van der Waals surface area contributed by atoms with Crippen LogP contribution in [0.15, 0.2) is 36.7 Å². The van der Waals surface area contributed by atoms with Crippen LogP contribution in [0.25, 0.3) is 10.2 Å². The first-order valence-electron chi connectivity index (χ1n) is 5.92. The quantitative estimate of drug-likeness (QED) is 0.766. The molecule has 0 aliphatic rings. The van der Waals surface area contributed by atoms with Gasteiger partial charge in [-0.3, -0.25) is 10.1 Å². The summed E-state index contributed by atoms with van der Waals surface area (Å²) in [6.07, 6.45) is 3.41. The molecule has 0 radical (unpaired) electrons. The van der Waals surface area contributed by atoms with Crippen LogP contribution < -0.4 is 11.1 Å². The van der Waals surface area contributed by atoms with E-state index >= 15 is 0 Å². The Morgan fingerprint density at radius 3 is 2.90 bits per heavy atom. The van der Waals surface area contributed by atoms with Gasteiger partial charge in [-0.25, -0.2) is 15.0 Å². The molecular weight excluding hydrogens is 274 g/mol. The fourth-order valence-electron chi connectivity index (χ4n) is 1.81. The molecule has 100 valence electrons. The Balaban J connectivity index is 1.74. The average Bonchev–Trinajstić information content (AvgIpc) is 2.79. The predicted octanol–water partition coefficient (Wildman–Crippen LogP) is 1.85. The predicted molar refractivity (Wildman–Crippen MR) is 78.4 cm³/mol. The third-order valence-electron chi connectivity index (χ3n) is 2.65. The number of amides is 1. The lowest BCUT2D eigenvalue weighted by Crippen LogP contribution is -2.16. The molecule has 0 unspecified atom stereocenters. The molecule has 2 aromatic heterocycles. The van der Waals surface area contributed by atoms with Crippen molar-refractivity contribution in [3.63, 3.8) is 0 Å². The minimum absolute atomic E-state index is 0.159. The van der Waals surface area contributed by atoms with E-state index in [-0.39, 0.29) is 12.3 Å². The molecule has 0 aliphatic heterocycles. The Morgan fingerprint density at radius 1 is 1.30 bits per heavy atom. The van der Waals surface area contributed by atoms with Crippen molar-refractivity contribution in [2.24, 2.45) is 0 Å². The Labute approximate surface area is 118 Å². The van der Waals surface area contributed by atoms with E-state index in [0.717, 1.165) is 15.8 Å². The minimum atomic E-state index is -0.159. The Bertz CT molecular complexity index is 756. The van der Waals surface area contributed by atoms with Gasteiger partial charge in [-0.2, -0.15) is 0 Å². The second kappa shape index (κ2) is 5.22. The summed E-state index contributed by atoms with van der Waals surface area (Å²) in [5, 5.41) is 3.17. The molecular formula is C13H11N5OS. The number of nitrogens with two attached hydrogens (primary N) is 1. The molecule has 7 heteroatoms. The highest BCUT2D eigenvalue weighted by Crippen LogP contribution is 2.24. The van der Waals surface area contributed by atoms with Crippen molar-refractivity contribution in [1.29, 1.82) is 0 Å². The molecule has 1 amide bonds. The third-order valence-corrected chi connectivity index (χ3v) is 3.50. The monoisotopic (exact) mass is 285 g/mol. The van der Waals surface area contributed by atoms with Crippen LogP contribution in [0.1, 0.15) is 5.56 Å². The number of nitrogens with one attached hydrogen (secondary N) is 1. The zero-order chi connectivity index (χ0) is 13.9. The largest absolute Gasteiger partial charge is 0.375 e. The summed E-state index contributed by atoms with van der Waals surface area (Å²) in [4.78, 5) is 24.0. The van der Waals surface area contributed by atoms with Crippen LogP contribution in [-0.4, -0.2) is 20.9 Å². The lowest BCUT2D eigenvalue weighted by molar-refractivity contribution is -0.115. The fourth-order valence-corrected chi connectivity index (χ4v) is 2.61. The van der Waals surface area contributed by atoms with E-state index in [9.17, 15) is 4.79 Å². The molecule has 0 bridgehead atoms. The van der Waals surface area contributed by atoms with Crippen molar-refractivity contribution < 1.29 is 4.79 Å². The number of benzene rings is 1. The van der Waals surface area contributed by atoms with Gasteiger partial charge in [-0.1, -0.05) is 17.4 Å². The molecule has 0 fully saturated rings. The Kier molecular flexibility index (Phi) is 3.26. The molecule has 1 aromatic carbocycles. The number of hydrogen-bond donors (Lipinski definition) is 2. The topological polar surface area (TPSA) is 93.8 Å². The van der Waals surface area contributed by atoms with Crippen LogP contribution in [0.2, 0.25) is 0 Å². The van der Waals surface area contributed by atoms with Crippen molar-refractivity contribution >= 4 is 38.5 Å². The second-order valence-corrected chi connectivity index (χ2v) is 5.21. The first-order valence-corrected chi connectivity index (χ1v) is 6.74. The zero-order valence-corrected chi connectivity index (χ0v) is 11.2. The van der Waals surface area contributed by atoms with Crippen LogP contribution in [-0.2, 0) is 11.2 Å². The van der Waals surface area contributed by atoms with E-state index in [1.54, 1.807) is 18.5 Å². The molecule has 3 aromatic rings. The van der Waals surface area contributed by atoms with Gasteiger partial charge in [0.1, 0.15) is 0 Å². The van der Waals surface area contributed by atoms with Crippen molar-refractivity contribution in [2.45, 2.75) is 6.42 Å². The molecule has 2 heterocycles. The van der Waals surface area contributed by atoms with Gasteiger partial charge < -0.3 is 5.73 Å². The summed E-state index contributed by atoms with van der Waals surface area (Å²) in [6, 6.07) is 7.35. The van der Waals surface area contributed by atoms with Gasteiger partial charge in [0.15, 0.2) is 5.13 Å². The third kappa shape index (κ3) is 2.72. The molecule has 0 saturated carbocycles. The lowest BCUT2D eigenvalue weighted by atomic mass is 10.1. The first kappa shape index (κ1) is 12.5. The van der Waals surface area contributed by atoms with Crippen LogP contribution in [0.5, 0.6) is 0 Å². The first-order chi connectivity index (χ1) is 9.70. The van der Waals surface area contributed by atoms with Gasteiger partial charge in [-0.15, -0.1) is 0 Å². The maximum atomic E-state index is 11.9. The number of aromatic nitrogens is 3. The SMILES string of the molecule is Nc1nc2ccc(CC(=O)Nc3ncccn3)cc2s1. The molecule has 3 rings (SSSR count). The van der Waals surface area contributed by atoms with E-state index in [2.05, 4.69) is 20.3 Å². The molecule has 0 atom stereocenters.